The van der Waals surface area contributed by atoms with Crippen LogP contribution in [0.4, 0.5) is 4.79 Å². The highest BCUT2D eigenvalue weighted by Gasteiger charge is 2.39. The molecule has 2 amide bonds. The van der Waals surface area contributed by atoms with Gasteiger partial charge in [0.25, 0.3) is 0 Å². The molecule has 0 atom stereocenters. The van der Waals surface area contributed by atoms with Crippen LogP contribution in [0.5, 0.6) is 0 Å². The fourth-order valence-corrected chi connectivity index (χ4v) is 3.00. The van der Waals surface area contributed by atoms with Crippen molar-refractivity contribution in [2.24, 2.45) is 0 Å². The van der Waals surface area contributed by atoms with Crippen LogP contribution in [0.1, 0.15) is 30.4 Å². The smallest absolute Gasteiger partial charge is 0.315 e. The summed E-state index contributed by atoms with van der Waals surface area (Å²) < 4.78 is 0. The van der Waals surface area contributed by atoms with Gasteiger partial charge in [0.15, 0.2) is 0 Å². The van der Waals surface area contributed by atoms with E-state index in [-0.39, 0.29) is 11.6 Å². The Labute approximate surface area is 131 Å². The maximum Gasteiger partial charge on any atom is 0.315 e. The molecule has 2 N–H and O–H groups in total. The van der Waals surface area contributed by atoms with Crippen molar-refractivity contribution in [2.45, 2.75) is 31.2 Å². The number of urea groups is 1. The second-order valence-electron chi connectivity index (χ2n) is 5.92. The van der Waals surface area contributed by atoms with E-state index >= 15 is 0 Å². The third kappa shape index (κ3) is 3.30. The van der Waals surface area contributed by atoms with E-state index in [2.05, 4.69) is 34.9 Å². The lowest BCUT2D eigenvalue weighted by molar-refractivity contribution is 0.177. The third-order valence-corrected chi connectivity index (χ3v) is 4.43. The van der Waals surface area contributed by atoms with Crippen molar-refractivity contribution < 1.29 is 4.79 Å². The molecule has 2 aromatic rings. The van der Waals surface area contributed by atoms with Gasteiger partial charge < -0.3 is 10.6 Å². The summed E-state index contributed by atoms with van der Waals surface area (Å²) >= 11 is 0. The van der Waals surface area contributed by atoms with Crippen LogP contribution in [0.15, 0.2) is 60.7 Å². The molecule has 0 aliphatic heterocycles. The lowest BCUT2D eigenvalue weighted by Crippen LogP contribution is -2.54. The average Bonchev–Trinajstić information content (AvgIpc) is 2.53. The normalized spacial score (nSPS) is 15.6. The van der Waals surface area contributed by atoms with E-state index in [0.717, 1.165) is 19.3 Å². The molecule has 0 bridgehead atoms. The van der Waals surface area contributed by atoms with Crippen LogP contribution < -0.4 is 10.6 Å². The van der Waals surface area contributed by atoms with Crippen molar-refractivity contribution in [2.75, 3.05) is 6.54 Å². The largest absolute Gasteiger partial charge is 0.338 e. The highest BCUT2D eigenvalue weighted by molar-refractivity contribution is 5.75. The van der Waals surface area contributed by atoms with E-state index in [1.807, 2.05) is 36.4 Å². The van der Waals surface area contributed by atoms with Gasteiger partial charge in [-0.1, -0.05) is 60.7 Å². The number of hydrogen-bond acceptors (Lipinski definition) is 1. The zero-order chi connectivity index (χ0) is 15.3. The number of carbonyl (C=O) groups is 1. The maximum absolute atomic E-state index is 12.2. The van der Waals surface area contributed by atoms with Crippen molar-refractivity contribution in [1.82, 2.24) is 10.6 Å². The average molecular weight is 294 g/mol. The molecular formula is C19H22N2O. The molecule has 3 rings (SSSR count). The van der Waals surface area contributed by atoms with E-state index in [4.69, 9.17) is 0 Å². The van der Waals surface area contributed by atoms with Gasteiger partial charge in [0.1, 0.15) is 0 Å². The first-order chi connectivity index (χ1) is 10.8. The van der Waals surface area contributed by atoms with Crippen LogP contribution in [-0.2, 0) is 12.0 Å². The van der Waals surface area contributed by atoms with Crippen molar-refractivity contribution in [1.29, 1.82) is 0 Å². The molecule has 1 fully saturated rings. The van der Waals surface area contributed by atoms with Gasteiger partial charge in [-0.05, 0) is 36.8 Å². The van der Waals surface area contributed by atoms with Crippen LogP contribution in [0.3, 0.4) is 0 Å². The fraction of sp³-hybridized carbons (Fsp3) is 0.316. The quantitative estimate of drug-likeness (QED) is 0.869. The molecule has 1 saturated carbocycles. The highest BCUT2D eigenvalue weighted by atomic mass is 16.2. The van der Waals surface area contributed by atoms with Gasteiger partial charge in [-0.3, -0.25) is 0 Å². The van der Waals surface area contributed by atoms with Crippen molar-refractivity contribution in [3.05, 3.63) is 71.8 Å². The number of amides is 2. The molecule has 2 aromatic carbocycles. The monoisotopic (exact) mass is 294 g/mol. The molecule has 1 aliphatic carbocycles. The van der Waals surface area contributed by atoms with Crippen LogP contribution in [-0.4, -0.2) is 12.6 Å². The van der Waals surface area contributed by atoms with Gasteiger partial charge in [-0.15, -0.1) is 0 Å². The van der Waals surface area contributed by atoms with Crippen LogP contribution >= 0.6 is 0 Å². The van der Waals surface area contributed by atoms with E-state index in [1.54, 1.807) is 0 Å². The maximum atomic E-state index is 12.2. The van der Waals surface area contributed by atoms with E-state index < -0.39 is 0 Å². The highest BCUT2D eigenvalue weighted by Crippen LogP contribution is 2.40. The Bertz CT molecular complexity index is 606. The van der Waals surface area contributed by atoms with Crippen LogP contribution in [0.2, 0.25) is 0 Å². The summed E-state index contributed by atoms with van der Waals surface area (Å²) in [6.45, 7) is 0.653. The van der Waals surface area contributed by atoms with Gasteiger partial charge in [0.05, 0.1) is 5.54 Å². The standard InChI is InChI=1S/C19H22N2O/c22-18(20-15-12-16-8-3-1-4-9-16)21-19(13-7-14-19)17-10-5-2-6-11-17/h1-6,8-11H,7,12-15H2,(H2,20,21,22). The summed E-state index contributed by atoms with van der Waals surface area (Å²) in [5.74, 6) is 0. The summed E-state index contributed by atoms with van der Waals surface area (Å²) in [7, 11) is 0. The Morgan fingerprint density at radius 1 is 0.955 bits per heavy atom. The molecule has 0 heterocycles. The number of nitrogens with one attached hydrogen (secondary N) is 2. The molecule has 114 valence electrons. The van der Waals surface area contributed by atoms with Gasteiger partial charge in [0.2, 0.25) is 0 Å². The molecule has 0 spiro atoms. The summed E-state index contributed by atoms with van der Waals surface area (Å²) in [4.78, 5) is 12.2. The van der Waals surface area contributed by atoms with Gasteiger partial charge in [0, 0.05) is 6.54 Å². The molecule has 3 nitrogen and oxygen atoms in total. The Hall–Kier alpha value is -2.29. The number of benzene rings is 2. The van der Waals surface area contributed by atoms with Gasteiger partial charge >= 0.3 is 6.03 Å². The SMILES string of the molecule is O=C(NCCc1ccccc1)NC1(c2ccccc2)CCC1. The van der Waals surface area contributed by atoms with Crippen molar-refractivity contribution >= 4 is 6.03 Å². The molecule has 3 heteroatoms. The zero-order valence-electron chi connectivity index (χ0n) is 12.7. The fourth-order valence-electron chi connectivity index (χ4n) is 3.00. The summed E-state index contributed by atoms with van der Waals surface area (Å²) in [6.07, 6.45) is 4.05. The summed E-state index contributed by atoms with van der Waals surface area (Å²) in [5.41, 5.74) is 2.28. The Kier molecular flexibility index (Phi) is 4.42. The summed E-state index contributed by atoms with van der Waals surface area (Å²) in [6, 6.07) is 20.4. The Morgan fingerprint density at radius 3 is 2.18 bits per heavy atom. The topological polar surface area (TPSA) is 41.1 Å². The number of hydrogen-bond donors (Lipinski definition) is 2. The lowest BCUT2D eigenvalue weighted by atomic mass is 9.72. The number of rotatable bonds is 5. The van der Waals surface area contributed by atoms with Crippen molar-refractivity contribution in [3.8, 4) is 0 Å². The first-order valence-electron chi connectivity index (χ1n) is 7.94. The second kappa shape index (κ2) is 6.65. The first kappa shape index (κ1) is 14.6. The minimum atomic E-state index is -0.169. The minimum absolute atomic E-state index is 0.0699. The van der Waals surface area contributed by atoms with Crippen LogP contribution in [0.25, 0.3) is 0 Å². The van der Waals surface area contributed by atoms with Crippen molar-refractivity contribution in [3.63, 3.8) is 0 Å². The van der Waals surface area contributed by atoms with Crippen LogP contribution in [0, 0.1) is 0 Å². The minimum Gasteiger partial charge on any atom is -0.338 e. The lowest BCUT2D eigenvalue weighted by Gasteiger charge is -2.43. The molecule has 0 radical (unpaired) electrons. The van der Waals surface area contributed by atoms with Gasteiger partial charge in [-0.2, -0.15) is 0 Å². The predicted molar refractivity (Wildman–Crippen MR) is 88.7 cm³/mol. The second-order valence-corrected chi connectivity index (χ2v) is 5.92. The first-order valence-corrected chi connectivity index (χ1v) is 7.94. The molecule has 0 saturated heterocycles. The van der Waals surface area contributed by atoms with E-state index in [9.17, 15) is 4.79 Å². The zero-order valence-corrected chi connectivity index (χ0v) is 12.7. The third-order valence-electron chi connectivity index (χ3n) is 4.43. The Morgan fingerprint density at radius 2 is 1.59 bits per heavy atom. The van der Waals surface area contributed by atoms with Gasteiger partial charge in [-0.25, -0.2) is 4.79 Å². The molecule has 22 heavy (non-hydrogen) atoms. The van der Waals surface area contributed by atoms with E-state index in [1.165, 1.54) is 17.5 Å². The summed E-state index contributed by atoms with van der Waals surface area (Å²) in [5, 5.41) is 6.16. The molecule has 0 aromatic heterocycles. The molecule has 1 aliphatic rings. The molecular weight excluding hydrogens is 272 g/mol. The molecule has 0 unspecified atom stereocenters. The predicted octanol–water partition coefficient (Wildman–Crippen LogP) is 3.61. The Balaban J connectivity index is 1.53. The number of carbonyl (C=O) groups excluding carboxylic acids is 1. The van der Waals surface area contributed by atoms with E-state index in [0.29, 0.717) is 6.54 Å².